The van der Waals surface area contributed by atoms with Gasteiger partial charge >= 0.3 is 0 Å². The zero-order valence-corrected chi connectivity index (χ0v) is 16.6. The van der Waals surface area contributed by atoms with E-state index in [0.29, 0.717) is 12.2 Å². The van der Waals surface area contributed by atoms with Crippen LogP contribution in [0.15, 0.2) is 42.5 Å². The first-order chi connectivity index (χ1) is 12.8. The topological polar surface area (TPSA) is 56.1 Å². The molecule has 1 amide bonds. The number of rotatable bonds is 5. The molecule has 0 aliphatic heterocycles. The van der Waals surface area contributed by atoms with Crippen LogP contribution in [0.1, 0.15) is 32.9 Å². The van der Waals surface area contributed by atoms with Gasteiger partial charge in [0.1, 0.15) is 12.4 Å². The van der Waals surface area contributed by atoms with Crippen LogP contribution in [0, 0.1) is 20.8 Å². The van der Waals surface area contributed by atoms with E-state index < -0.39 is 0 Å². The first-order valence-corrected chi connectivity index (χ1v) is 9.02. The second-order valence-electron chi connectivity index (χ2n) is 6.52. The highest BCUT2D eigenvalue weighted by molar-refractivity contribution is 6.31. The molecule has 140 valence electrons. The normalized spacial score (nSPS) is 10.7. The van der Waals surface area contributed by atoms with Gasteiger partial charge in [0.2, 0.25) is 0 Å². The monoisotopic (exact) mass is 383 g/mol. The number of ether oxygens (including phenoxy) is 1. The smallest absolute Gasteiger partial charge is 0.255 e. The maximum Gasteiger partial charge on any atom is 0.255 e. The number of nitrogens with one attached hydrogen (secondary N) is 1. The molecule has 5 nitrogen and oxygen atoms in total. The van der Waals surface area contributed by atoms with Crippen LogP contribution >= 0.6 is 11.6 Å². The molecule has 0 unspecified atom stereocenters. The third-order valence-corrected chi connectivity index (χ3v) is 4.92. The second kappa shape index (κ2) is 7.84. The molecule has 1 N–H and O–H groups in total. The third kappa shape index (κ3) is 4.31. The summed E-state index contributed by atoms with van der Waals surface area (Å²) < 4.78 is 7.54. The summed E-state index contributed by atoms with van der Waals surface area (Å²) in [4.78, 5) is 12.5. The van der Waals surface area contributed by atoms with Crippen molar-refractivity contribution in [3.8, 4) is 5.75 Å². The number of benzene rings is 2. The summed E-state index contributed by atoms with van der Waals surface area (Å²) in [5.74, 6) is 0.608. The summed E-state index contributed by atoms with van der Waals surface area (Å²) in [6.45, 7) is 6.16. The number of aromatic nitrogens is 2. The fourth-order valence-electron chi connectivity index (χ4n) is 2.77. The van der Waals surface area contributed by atoms with Crippen LogP contribution in [0.25, 0.3) is 0 Å². The van der Waals surface area contributed by atoms with E-state index >= 15 is 0 Å². The molecule has 27 heavy (non-hydrogen) atoms. The zero-order chi connectivity index (χ0) is 19.6. The summed E-state index contributed by atoms with van der Waals surface area (Å²) in [5, 5.41) is 7.97. The highest BCUT2D eigenvalue weighted by Crippen LogP contribution is 2.22. The Kier molecular flexibility index (Phi) is 5.51. The minimum absolute atomic E-state index is 0.157. The average Bonchev–Trinajstić information content (AvgIpc) is 2.89. The maximum atomic E-state index is 12.5. The highest BCUT2D eigenvalue weighted by Gasteiger charge is 2.13. The van der Waals surface area contributed by atoms with Crippen molar-refractivity contribution in [3.63, 3.8) is 0 Å². The molecule has 0 spiro atoms. The summed E-state index contributed by atoms with van der Waals surface area (Å²) in [7, 11) is 1.86. The number of nitrogens with zero attached hydrogens (tertiary/aromatic N) is 2. The summed E-state index contributed by atoms with van der Waals surface area (Å²) in [6.07, 6.45) is 0. The van der Waals surface area contributed by atoms with Gasteiger partial charge in [0, 0.05) is 17.6 Å². The summed E-state index contributed by atoms with van der Waals surface area (Å²) in [6, 6.07) is 12.9. The molecule has 3 rings (SSSR count). The molecule has 3 aromatic rings. The molecule has 6 heteroatoms. The minimum atomic E-state index is -0.157. The van der Waals surface area contributed by atoms with Gasteiger partial charge in [0.15, 0.2) is 0 Å². The zero-order valence-electron chi connectivity index (χ0n) is 15.8. The summed E-state index contributed by atoms with van der Waals surface area (Å²) >= 11 is 6.03. The molecule has 0 aliphatic rings. The number of amides is 1. The van der Waals surface area contributed by atoms with Crippen LogP contribution in [0.5, 0.6) is 5.75 Å². The molecule has 2 aromatic carbocycles. The predicted octanol–water partition coefficient (Wildman–Crippen LogP) is 4.83. The lowest BCUT2D eigenvalue weighted by Gasteiger charge is -2.09. The van der Waals surface area contributed by atoms with Gasteiger partial charge in [-0.15, -0.1) is 0 Å². The van der Waals surface area contributed by atoms with E-state index in [4.69, 9.17) is 16.3 Å². The van der Waals surface area contributed by atoms with Gasteiger partial charge in [-0.2, -0.15) is 5.10 Å². The van der Waals surface area contributed by atoms with Gasteiger partial charge < -0.3 is 10.1 Å². The number of aryl methyl sites for hydroxylation is 3. The Hall–Kier alpha value is -2.79. The second-order valence-corrected chi connectivity index (χ2v) is 6.93. The molecule has 0 fully saturated rings. The number of hydrogen-bond donors (Lipinski definition) is 1. The number of halogens is 1. The lowest BCUT2D eigenvalue weighted by Crippen LogP contribution is -2.13. The van der Waals surface area contributed by atoms with Crippen LogP contribution < -0.4 is 10.1 Å². The fourth-order valence-corrected chi connectivity index (χ4v) is 2.88. The van der Waals surface area contributed by atoms with Crippen molar-refractivity contribution in [3.05, 3.63) is 75.6 Å². The minimum Gasteiger partial charge on any atom is -0.489 e. The Balaban J connectivity index is 1.64. The molecule has 0 atom stereocenters. The van der Waals surface area contributed by atoms with Gasteiger partial charge in [-0.25, -0.2) is 0 Å². The van der Waals surface area contributed by atoms with E-state index in [1.165, 1.54) is 0 Å². The molecule has 0 saturated carbocycles. The molecule has 0 aliphatic carbocycles. The van der Waals surface area contributed by atoms with Crippen molar-refractivity contribution < 1.29 is 9.53 Å². The lowest BCUT2D eigenvalue weighted by atomic mass is 10.1. The highest BCUT2D eigenvalue weighted by atomic mass is 35.5. The lowest BCUT2D eigenvalue weighted by molar-refractivity contribution is 0.102. The number of carbonyl (C=O) groups excluding carboxylic acids is 1. The standard InChI is InChI=1S/C21H22ClN3O2/c1-13-11-18(9-10-19(13)22)27-12-16-5-7-17(8-6-16)21(26)23-20-14(2)24-25(4)15(20)3/h5-11H,12H2,1-4H3,(H,23,26). The number of hydrogen-bond acceptors (Lipinski definition) is 3. The Bertz CT molecular complexity index is 978. The number of carbonyl (C=O) groups is 1. The van der Waals surface area contributed by atoms with Crippen LogP contribution in [-0.4, -0.2) is 15.7 Å². The largest absolute Gasteiger partial charge is 0.489 e. The first-order valence-electron chi connectivity index (χ1n) is 8.64. The molecular weight excluding hydrogens is 362 g/mol. The van der Waals surface area contributed by atoms with Gasteiger partial charge in [-0.1, -0.05) is 23.7 Å². The van der Waals surface area contributed by atoms with Crippen LogP contribution in [0.3, 0.4) is 0 Å². The van der Waals surface area contributed by atoms with Gasteiger partial charge in [-0.05, 0) is 62.2 Å². The van der Waals surface area contributed by atoms with Crippen molar-refractivity contribution in [2.24, 2.45) is 7.05 Å². The summed E-state index contributed by atoms with van der Waals surface area (Å²) in [5.41, 5.74) is 5.02. The SMILES string of the molecule is Cc1cc(OCc2ccc(C(=O)Nc3c(C)nn(C)c3C)cc2)ccc1Cl. The van der Waals surface area contributed by atoms with E-state index in [0.717, 1.165) is 39.0 Å². The molecule has 0 saturated heterocycles. The Morgan fingerprint density at radius 2 is 1.85 bits per heavy atom. The Morgan fingerprint density at radius 3 is 2.44 bits per heavy atom. The van der Waals surface area contributed by atoms with E-state index in [2.05, 4.69) is 10.4 Å². The van der Waals surface area contributed by atoms with Crippen LogP contribution in [0.2, 0.25) is 5.02 Å². The van der Waals surface area contributed by atoms with E-state index in [1.807, 2.05) is 58.2 Å². The van der Waals surface area contributed by atoms with Gasteiger partial charge in [0.25, 0.3) is 5.91 Å². The van der Waals surface area contributed by atoms with Crippen LogP contribution in [0.4, 0.5) is 5.69 Å². The third-order valence-electron chi connectivity index (χ3n) is 4.50. The maximum absolute atomic E-state index is 12.5. The van der Waals surface area contributed by atoms with Gasteiger partial charge in [0.05, 0.1) is 17.1 Å². The van der Waals surface area contributed by atoms with E-state index in [9.17, 15) is 4.79 Å². The number of anilines is 1. The van der Waals surface area contributed by atoms with Crippen molar-refractivity contribution in [1.82, 2.24) is 9.78 Å². The first kappa shape index (κ1) is 19.0. The van der Waals surface area contributed by atoms with Gasteiger partial charge in [-0.3, -0.25) is 9.48 Å². The average molecular weight is 384 g/mol. The molecule has 0 radical (unpaired) electrons. The molecular formula is C21H22ClN3O2. The molecule has 1 heterocycles. The quantitative estimate of drug-likeness (QED) is 0.686. The van der Waals surface area contributed by atoms with Crippen molar-refractivity contribution in [2.45, 2.75) is 27.4 Å². The van der Waals surface area contributed by atoms with Crippen molar-refractivity contribution in [2.75, 3.05) is 5.32 Å². The fraction of sp³-hybridized carbons (Fsp3) is 0.238. The van der Waals surface area contributed by atoms with Crippen molar-refractivity contribution >= 4 is 23.2 Å². The van der Waals surface area contributed by atoms with Crippen molar-refractivity contribution in [1.29, 1.82) is 0 Å². The van der Waals surface area contributed by atoms with E-state index in [1.54, 1.807) is 16.8 Å². The van der Waals surface area contributed by atoms with Crippen LogP contribution in [-0.2, 0) is 13.7 Å². The van der Waals surface area contributed by atoms with E-state index in [-0.39, 0.29) is 5.91 Å². The molecule has 1 aromatic heterocycles. The Morgan fingerprint density at radius 1 is 1.15 bits per heavy atom. The predicted molar refractivity (Wildman–Crippen MR) is 108 cm³/mol. The Labute approximate surface area is 163 Å². The molecule has 0 bridgehead atoms.